The van der Waals surface area contributed by atoms with E-state index in [9.17, 15) is 4.79 Å². The molecule has 0 heterocycles. The third-order valence-electron chi connectivity index (χ3n) is 2.68. The fourth-order valence-corrected chi connectivity index (χ4v) is 1.94. The molecule has 0 aliphatic carbocycles. The molecule has 0 aromatic heterocycles. The summed E-state index contributed by atoms with van der Waals surface area (Å²) in [5, 5.41) is 3.44. The van der Waals surface area contributed by atoms with Crippen LogP contribution in [0.4, 0.5) is 11.4 Å². The number of rotatable bonds is 3. The van der Waals surface area contributed by atoms with Crippen LogP contribution in [0.25, 0.3) is 0 Å². The lowest BCUT2D eigenvalue weighted by molar-refractivity contribution is 0.102. The number of amides is 1. The van der Waals surface area contributed by atoms with Crippen LogP contribution >= 0.6 is 23.2 Å². The van der Waals surface area contributed by atoms with Crippen molar-refractivity contribution in [1.82, 2.24) is 0 Å². The first-order chi connectivity index (χ1) is 9.51. The molecule has 0 radical (unpaired) electrons. The summed E-state index contributed by atoms with van der Waals surface area (Å²) in [6.45, 7) is 0. The van der Waals surface area contributed by atoms with E-state index in [1.54, 1.807) is 30.3 Å². The molecule has 0 aliphatic heterocycles. The Balaban J connectivity index is 2.25. The first kappa shape index (κ1) is 14.5. The lowest BCUT2D eigenvalue weighted by Gasteiger charge is -2.09. The Labute approximate surface area is 126 Å². The molecule has 0 fully saturated rings. The van der Waals surface area contributed by atoms with Gasteiger partial charge in [-0.1, -0.05) is 23.2 Å². The van der Waals surface area contributed by atoms with E-state index < -0.39 is 0 Å². The molecule has 104 valence electrons. The van der Waals surface area contributed by atoms with Crippen LogP contribution in [0.5, 0.6) is 5.75 Å². The van der Waals surface area contributed by atoms with Crippen LogP contribution in [0, 0.1) is 0 Å². The summed E-state index contributed by atoms with van der Waals surface area (Å²) in [6, 6.07) is 9.65. The predicted octanol–water partition coefficient (Wildman–Crippen LogP) is 3.84. The molecule has 1 amide bonds. The summed E-state index contributed by atoms with van der Waals surface area (Å²) in [4.78, 5) is 12.1. The van der Waals surface area contributed by atoms with Crippen LogP contribution in [0.3, 0.4) is 0 Å². The number of carbonyl (C=O) groups is 1. The molecule has 3 N–H and O–H groups in total. The number of anilines is 2. The summed E-state index contributed by atoms with van der Waals surface area (Å²) in [7, 11) is 1.54. The minimum absolute atomic E-state index is 0.328. The Bertz CT molecular complexity index is 660. The van der Waals surface area contributed by atoms with Gasteiger partial charge in [0.05, 0.1) is 28.5 Å². The number of ether oxygens (including phenoxy) is 1. The first-order valence-corrected chi connectivity index (χ1v) is 6.47. The zero-order valence-electron chi connectivity index (χ0n) is 10.6. The van der Waals surface area contributed by atoms with E-state index in [4.69, 9.17) is 33.7 Å². The molecule has 2 rings (SSSR count). The summed E-state index contributed by atoms with van der Waals surface area (Å²) >= 11 is 11.9. The second kappa shape index (κ2) is 6.03. The molecule has 4 nitrogen and oxygen atoms in total. The Morgan fingerprint density at radius 3 is 2.55 bits per heavy atom. The minimum atomic E-state index is -0.331. The second-order valence-electron chi connectivity index (χ2n) is 4.04. The molecule has 0 aliphatic rings. The average Bonchev–Trinajstić information content (AvgIpc) is 2.44. The van der Waals surface area contributed by atoms with Crippen molar-refractivity contribution in [3.05, 3.63) is 52.0 Å². The highest BCUT2D eigenvalue weighted by Crippen LogP contribution is 2.27. The van der Waals surface area contributed by atoms with Gasteiger partial charge in [-0.15, -0.1) is 0 Å². The van der Waals surface area contributed by atoms with E-state index in [2.05, 4.69) is 5.32 Å². The van der Waals surface area contributed by atoms with Gasteiger partial charge < -0.3 is 15.8 Å². The Kier molecular flexibility index (Phi) is 4.37. The molecule has 6 heteroatoms. The molecule has 0 bridgehead atoms. The van der Waals surface area contributed by atoms with Gasteiger partial charge in [-0.25, -0.2) is 0 Å². The molecule has 0 atom stereocenters. The van der Waals surface area contributed by atoms with Crippen LogP contribution in [0.1, 0.15) is 10.4 Å². The third kappa shape index (κ3) is 3.15. The van der Waals surface area contributed by atoms with E-state index in [1.807, 2.05) is 0 Å². The van der Waals surface area contributed by atoms with Crippen molar-refractivity contribution in [1.29, 1.82) is 0 Å². The number of halogens is 2. The SMILES string of the molecule is COc1ccc(Cl)c(NC(=O)c2ccc(N)c(Cl)c2)c1. The van der Waals surface area contributed by atoms with Crippen LogP contribution in [-0.4, -0.2) is 13.0 Å². The molecular formula is C14H12Cl2N2O2. The fraction of sp³-hybridized carbons (Fsp3) is 0.0714. The number of benzene rings is 2. The Morgan fingerprint density at radius 1 is 1.15 bits per heavy atom. The smallest absolute Gasteiger partial charge is 0.255 e. The average molecular weight is 311 g/mol. The minimum Gasteiger partial charge on any atom is -0.497 e. The lowest BCUT2D eigenvalue weighted by Crippen LogP contribution is -2.12. The maximum absolute atomic E-state index is 12.1. The van der Waals surface area contributed by atoms with Crippen LogP contribution in [0.15, 0.2) is 36.4 Å². The van der Waals surface area contributed by atoms with E-state index in [0.29, 0.717) is 32.7 Å². The normalized spacial score (nSPS) is 10.2. The number of hydrogen-bond acceptors (Lipinski definition) is 3. The van der Waals surface area contributed by atoms with Crippen LogP contribution < -0.4 is 15.8 Å². The number of nitrogens with two attached hydrogens (primary N) is 1. The highest BCUT2D eigenvalue weighted by molar-refractivity contribution is 6.34. The van der Waals surface area contributed by atoms with Crippen LogP contribution in [0.2, 0.25) is 10.0 Å². The number of hydrogen-bond donors (Lipinski definition) is 2. The molecule has 0 spiro atoms. The predicted molar refractivity (Wildman–Crippen MR) is 81.8 cm³/mol. The summed E-state index contributed by atoms with van der Waals surface area (Å²) in [5.41, 5.74) is 6.87. The van der Waals surface area contributed by atoms with Gasteiger partial charge in [0.2, 0.25) is 0 Å². The van der Waals surface area contributed by atoms with Gasteiger partial charge in [-0.2, -0.15) is 0 Å². The number of methoxy groups -OCH3 is 1. The summed E-state index contributed by atoms with van der Waals surface area (Å²) < 4.78 is 5.08. The highest BCUT2D eigenvalue weighted by Gasteiger charge is 2.11. The number of carbonyl (C=O) groups excluding carboxylic acids is 1. The van der Waals surface area contributed by atoms with Crippen molar-refractivity contribution in [2.45, 2.75) is 0 Å². The van der Waals surface area contributed by atoms with Crippen molar-refractivity contribution in [2.75, 3.05) is 18.2 Å². The standard InChI is InChI=1S/C14H12Cl2N2O2/c1-20-9-3-4-10(15)13(7-9)18-14(19)8-2-5-12(17)11(16)6-8/h2-7H,17H2,1H3,(H,18,19). The number of nitrogens with one attached hydrogen (secondary N) is 1. The van der Waals surface area contributed by atoms with E-state index in [1.165, 1.54) is 13.2 Å². The molecule has 0 saturated carbocycles. The molecule has 0 saturated heterocycles. The third-order valence-corrected chi connectivity index (χ3v) is 3.34. The van der Waals surface area contributed by atoms with Gasteiger partial charge in [0.1, 0.15) is 5.75 Å². The second-order valence-corrected chi connectivity index (χ2v) is 4.85. The summed E-state index contributed by atoms with van der Waals surface area (Å²) in [5.74, 6) is 0.266. The van der Waals surface area contributed by atoms with Gasteiger partial charge in [-0.3, -0.25) is 4.79 Å². The van der Waals surface area contributed by atoms with Gasteiger partial charge in [0, 0.05) is 11.6 Å². The first-order valence-electron chi connectivity index (χ1n) is 5.71. The van der Waals surface area contributed by atoms with Crippen molar-refractivity contribution in [3.63, 3.8) is 0 Å². The fourth-order valence-electron chi connectivity index (χ4n) is 1.59. The van der Waals surface area contributed by atoms with Gasteiger partial charge >= 0.3 is 0 Å². The van der Waals surface area contributed by atoms with Gasteiger partial charge in [0.15, 0.2) is 0 Å². The molecule has 2 aromatic rings. The van der Waals surface area contributed by atoms with E-state index >= 15 is 0 Å². The molecular weight excluding hydrogens is 299 g/mol. The molecule has 0 unspecified atom stereocenters. The lowest BCUT2D eigenvalue weighted by atomic mass is 10.2. The molecule has 20 heavy (non-hydrogen) atoms. The topological polar surface area (TPSA) is 64.3 Å². The van der Waals surface area contributed by atoms with Gasteiger partial charge in [0.25, 0.3) is 5.91 Å². The maximum atomic E-state index is 12.1. The Morgan fingerprint density at radius 2 is 1.90 bits per heavy atom. The van der Waals surface area contributed by atoms with Crippen LogP contribution in [-0.2, 0) is 0 Å². The van der Waals surface area contributed by atoms with Crippen molar-refractivity contribution >= 4 is 40.5 Å². The highest BCUT2D eigenvalue weighted by atomic mass is 35.5. The maximum Gasteiger partial charge on any atom is 0.255 e. The monoisotopic (exact) mass is 310 g/mol. The number of nitrogen functional groups attached to an aromatic ring is 1. The van der Waals surface area contributed by atoms with E-state index in [-0.39, 0.29) is 5.91 Å². The zero-order valence-corrected chi connectivity index (χ0v) is 12.1. The Hall–Kier alpha value is -1.91. The van der Waals surface area contributed by atoms with E-state index in [0.717, 1.165) is 0 Å². The van der Waals surface area contributed by atoms with Gasteiger partial charge in [-0.05, 0) is 30.3 Å². The zero-order chi connectivity index (χ0) is 14.7. The van der Waals surface area contributed by atoms with Crippen molar-refractivity contribution in [3.8, 4) is 5.75 Å². The largest absolute Gasteiger partial charge is 0.497 e. The van der Waals surface area contributed by atoms with Crippen molar-refractivity contribution < 1.29 is 9.53 Å². The summed E-state index contributed by atoms with van der Waals surface area (Å²) in [6.07, 6.45) is 0. The van der Waals surface area contributed by atoms with Crippen molar-refractivity contribution in [2.24, 2.45) is 0 Å². The molecule has 2 aromatic carbocycles. The quantitative estimate of drug-likeness (QED) is 0.847.